The standard InChI is InChI=1S/C22H19ClN2O3/c1-14-6-11-20(28-2)19(12-14)25-22(27)16-9-7-15(8-10-16)21(26)24-18-5-3-4-17(23)13-18/h3-13H,1-2H3,(H,24,26)(H,25,27). The summed E-state index contributed by atoms with van der Waals surface area (Å²) < 4.78 is 5.28. The number of anilines is 2. The molecule has 3 aromatic rings. The number of aryl methyl sites for hydroxylation is 1. The van der Waals surface area contributed by atoms with E-state index in [1.807, 2.05) is 19.1 Å². The van der Waals surface area contributed by atoms with E-state index in [2.05, 4.69) is 10.6 Å². The maximum atomic E-state index is 12.5. The Balaban J connectivity index is 1.71. The fourth-order valence-corrected chi connectivity index (χ4v) is 2.85. The predicted molar refractivity (Wildman–Crippen MR) is 112 cm³/mol. The Morgan fingerprint density at radius 3 is 2.11 bits per heavy atom. The molecular weight excluding hydrogens is 376 g/mol. The lowest BCUT2D eigenvalue weighted by atomic mass is 10.1. The van der Waals surface area contributed by atoms with Crippen molar-refractivity contribution in [1.29, 1.82) is 0 Å². The van der Waals surface area contributed by atoms with Gasteiger partial charge in [0.25, 0.3) is 11.8 Å². The number of carbonyl (C=O) groups is 2. The summed E-state index contributed by atoms with van der Waals surface area (Å²) in [6.07, 6.45) is 0. The largest absolute Gasteiger partial charge is 0.495 e. The molecule has 2 amide bonds. The Bertz CT molecular complexity index is 1020. The molecule has 0 heterocycles. The molecule has 142 valence electrons. The molecule has 5 nitrogen and oxygen atoms in total. The zero-order chi connectivity index (χ0) is 20.1. The Kier molecular flexibility index (Phi) is 5.96. The summed E-state index contributed by atoms with van der Waals surface area (Å²) in [6, 6.07) is 18.8. The quantitative estimate of drug-likeness (QED) is 0.628. The van der Waals surface area contributed by atoms with Crippen molar-refractivity contribution in [2.45, 2.75) is 6.92 Å². The molecule has 28 heavy (non-hydrogen) atoms. The minimum absolute atomic E-state index is 0.283. The predicted octanol–water partition coefficient (Wildman–Crippen LogP) is 5.16. The number of nitrogens with one attached hydrogen (secondary N) is 2. The SMILES string of the molecule is COc1ccc(C)cc1NC(=O)c1ccc(C(=O)Nc2cccc(Cl)c2)cc1. The summed E-state index contributed by atoms with van der Waals surface area (Å²) in [4.78, 5) is 24.9. The number of hydrogen-bond donors (Lipinski definition) is 2. The fourth-order valence-electron chi connectivity index (χ4n) is 2.66. The molecule has 0 unspecified atom stereocenters. The Morgan fingerprint density at radius 1 is 0.857 bits per heavy atom. The molecule has 0 atom stereocenters. The lowest BCUT2D eigenvalue weighted by molar-refractivity contribution is 0.101. The lowest BCUT2D eigenvalue weighted by Gasteiger charge is -2.11. The number of methoxy groups -OCH3 is 1. The van der Waals surface area contributed by atoms with Crippen molar-refractivity contribution in [2.24, 2.45) is 0 Å². The van der Waals surface area contributed by atoms with Gasteiger partial charge in [-0.3, -0.25) is 9.59 Å². The van der Waals surface area contributed by atoms with E-state index in [0.717, 1.165) is 5.56 Å². The third kappa shape index (κ3) is 4.69. The van der Waals surface area contributed by atoms with Gasteiger partial charge in [-0.05, 0) is 67.1 Å². The van der Waals surface area contributed by atoms with Gasteiger partial charge in [0.15, 0.2) is 0 Å². The van der Waals surface area contributed by atoms with E-state index < -0.39 is 0 Å². The second-order valence-corrected chi connectivity index (χ2v) is 6.64. The minimum Gasteiger partial charge on any atom is -0.495 e. The van der Waals surface area contributed by atoms with Crippen LogP contribution in [-0.2, 0) is 0 Å². The monoisotopic (exact) mass is 394 g/mol. The van der Waals surface area contributed by atoms with Gasteiger partial charge < -0.3 is 15.4 Å². The van der Waals surface area contributed by atoms with Gasteiger partial charge in [-0.1, -0.05) is 23.7 Å². The van der Waals surface area contributed by atoms with Crippen LogP contribution in [0.5, 0.6) is 5.75 Å². The minimum atomic E-state index is -0.286. The normalized spacial score (nSPS) is 10.2. The van der Waals surface area contributed by atoms with Crippen LogP contribution in [0.4, 0.5) is 11.4 Å². The van der Waals surface area contributed by atoms with Gasteiger partial charge in [-0.2, -0.15) is 0 Å². The molecule has 3 rings (SSSR count). The summed E-state index contributed by atoms with van der Waals surface area (Å²) in [5, 5.41) is 6.14. The summed E-state index contributed by atoms with van der Waals surface area (Å²) in [5.74, 6) is 0.0109. The Labute approximate surface area is 168 Å². The van der Waals surface area contributed by atoms with Crippen molar-refractivity contribution in [3.05, 3.63) is 88.4 Å². The number of rotatable bonds is 5. The van der Waals surface area contributed by atoms with Crippen molar-refractivity contribution in [1.82, 2.24) is 0 Å². The molecule has 3 aromatic carbocycles. The number of ether oxygens (including phenoxy) is 1. The van der Waals surface area contributed by atoms with Crippen LogP contribution in [0.3, 0.4) is 0 Å². The van der Waals surface area contributed by atoms with Crippen molar-refractivity contribution < 1.29 is 14.3 Å². The highest BCUT2D eigenvalue weighted by Crippen LogP contribution is 2.25. The summed E-state index contributed by atoms with van der Waals surface area (Å²) in [7, 11) is 1.55. The topological polar surface area (TPSA) is 67.4 Å². The van der Waals surface area contributed by atoms with Crippen molar-refractivity contribution in [3.8, 4) is 5.75 Å². The van der Waals surface area contributed by atoms with Gasteiger partial charge in [0.2, 0.25) is 0 Å². The number of amides is 2. The van der Waals surface area contributed by atoms with Crippen LogP contribution < -0.4 is 15.4 Å². The van der Waals surface area contributed by atoms with Gasteiger partial charge in [0.05, 0.1) is 12.8 Å². The molecule has 0 radical (unpaired) electrons. The van der Waals surface area contributed by atoms with E-state index in [-0.39, 0.29) is 11.8 Å². The van der Waals surface area contributed by atoms with E-state index in [1.165, 1.54) is 0 Å². The maximum Gasteiger partial charge on any atom is 0.255 e. The average Bonchev–Trinajstić information content (AvgIpc) is 2.68. The first-order valence-electron chi connectivity index (χ1n) is 8.59. The average molecular weight is 395 g/mol. The van der Waals surface area contributed by atoms with Gasteiger partial charge in [0.1, 0.15) is 5.75 Å². The third-order valence-corrected chi connectivity index (χ3v) is 4.33. The maximum absolute atomic E-state index is 12.5. The molecule has 0 aliphatic rings. The van der Waals surface area contributed by atoms with Crippen molar-refractivity contribution in [3.63, 3.8) is 0 Å². The Morgan fingerprint density at radius 2 is 1.50 bits per heavy atom. The lowest BCUT2D eigenvalue weighted by Crippen LogP contribution is -2.14. The van der Waals surface area contributed by atoms with Crippen molar-refractivity contribution in [2.75, 3.05) is 17.7 Å². The first kappa shape index (κ1) is 19.5. The van der Waals surface area contributed by atoms with Gasteiger partial charge in [-0.25, -0.2) is 0 Å². The third-order valence-electron chi connectivity index (χ3n) is 4.09. The molecule has 0 aliphatic heterocycles. The smallest absolute Gasteiger partial charge is 0.255 e. The number of halogens is 1. The first-order valence-corrected chi connectivity index (χ1v) is 8.97. The number of carbonyl (C=O) groups excluding carboxylic acids is 2. The van der Waals surface area contributed by atoms with E-state index >= 15 is 0 Å². The highest BCUT2D eigenvalue weighted by molar-refractivity contribution is 6.31. The van der Waals surface area contributed by atoms with E-state index in [9.17, 15) is 9.59 Å². The summed E-state index contributed by atoms with van der Waals surface area (Å²) in [5.41, 5.74) is 3.07. The molecule has 0 bridgehead atoms. The zero-order valence-electron chi connectivity index (χ0n) is 15.5. The summed E-state index contributed by atoms with van der Waals surface area (Å²) in [6.45, 7) is 1.93. The number of hydrogen-bond acceptors (Lipinski definition) is 3. The second kappa shape index (κ2) is 8.59. The highest BCUT2D eigenvalue weighted by Gasteiger charge is 2.12. The molecule has 2 N–H and O–H groups in total. The van der Waals surface area contributed by atoms with Crippen LogP contribution in [-0.4, -0.2) is 18.9 Å². The number of benzene rings is 3. The van der Waals surface area contributed by atoms with Crippen LogP contribution in [0.15, 0.2) is 66.7 Å². The molecule has 0 spiro atoms. The fraction of sp³-hybridized carbons (Fsp3) is 0.0909. The van der Waals surface area contributed by atoms with Crippen molar-refractivity contribution >= 4 is 34.8 Å². The van der Waals surface area contributed by atoms with Gasteiger partial charge in [-0.15, -0.1) is 0 Å². The molecular formula is C22H19ClN2O3. The molecule has 0 aromatic heterocycles. The van der Waals surface area contributed by atoms with E-state index in [0.29, 0.717) is 33.3 Å². The molecule has 0 aliphatic carbocycles. The molecule has 0 saturated carbocycles. The second-order valence-electron chi connectivity index (χ2n) is 6.20. The van der Waals surface area contributed by atoms with Gasteiger partial charge >= 0.3 is 0 Å². The van der Waals surface area contributed by atoms with E-state index in [1.54, 1.807) is 61.7 Å². The first-order chi connectivity index (χ1) is 13.5. The molecule has 0 fully saturated rings. The molecule has 6 heteroatoms. The summed E-state index contributed by atoms with van der Waals surface area (Å²) >= 11 is 5.92. The zero-order valence-corrected chi connectivity index (χ0v) is 16.2. The van der Waals surface area contributed by atoms with Crippen LogP contribution in [0, 0.1) is 6.92 Å². The van der Waals surface area contributed by atoms with Crippen LogP contribution >= 0.6 is 11.6 Å². The molecule has 0 saturated heterocycles. The highest BCUT2D eigenvalue weighted by atomic mass is 35.5. The van der Waals surface area contributed by atoms with Crippen LogP contribution in [0.1, 0.15) is 26.3 Å². The Hall–Kier alpha value is -3.31. The van der Waals surface area contributed by atoms with Crippen LogP contribution in [0.2, 0.25) is 5.02 Å². The van der Waals surface area contributed by atoms with E-state index in [4.69, 9.17) is 16.3 Å². The van der Waals surface area contributed by atoms with Gasteiger partial charge in [0, 0.05) is 21.8 Å². The van der Waals surface area contributed by atoms with Crippen LogP contribution in [0.25, 0.3) is 0 Å².